The molecule has 6 nitrogen and oxygen atoms in total. The summed E-state index contributed by atoms with van der Waals surface area (Å²) in [6.45, 7) is 2.42. The Balaban J connectivity index is 1.68. The lowest BCUT2D eigenvalue weighted by atomic mass is 10.0. The second-order valence-electron chi connectivity index (χ2n) is 6.01. The van der Waals surface area contributed by atoms with Gasteiger partial charge < -0.3 is 15.4 Å². The SMILES string of the molecule is CC(NC(=O)NC1CCCOc2cc(F)ccc21)c1cnn(C)c1. The third kappa shape index (κ3) is 3.67. The minimum atomic E-state index is -0.343. The molecule has 7 heteroatoms. The van der Waals surface area contributed by atoms with Crippen molar-refractivity contribution in [3.63, 3.8) is 0 Å². The van der Waals surface area contributed by atoms with Crippen molar-refractivity contribution < 1.29 is 13.9 Å². The van der Waals surface area contributed by atoms with E-state index in [9.17, 15) is 9.18 Å². The number of amides is 2. The van der Waals surface area contributed by atoms with Crippen LogP contribution in [0.3, 0.4) is 0 Å². The number of hydrogen-bond donors (Lipinski definition) is 2. The lowest BCUT2D eigenvalue weighted by Crippen LogP contribution is -2.39. The molecule has 1 aromatic heterocycles. The van der Waals surface area contributed by atoms with E-state index in [0.717, 1.165) is 24.0 Å². The number of fused-ring (bicyclic) bond motifs is 1. The van der Waals surface area contributed by atoms with E-state index in [1.54, 1.807) is 16.9 Å². The Kier molecular flexibility index (Phi) is 4.69. The van der Waals surface area contributed by atoms with Crippen LogP contribution >= 0.6 is 0 Å². The van der Waals surface area contributed by atoms with Crippen molar-refractivity contribution in [2.45, 2.75) is 31.8 Å². The van der Waals surface area contributed by atoms with Gasteiger partial charge in [0, 0.05) is 30.4 Å². The predicted octanol–water partition coefficient (Wildman–Crippen LogP) is 2.83. The normalized spacial score (nSPS) is 18.0. The number of nitrogens with one attached hydrogen (secondary N) is 2. The largest absolute Gasteiger partial charge is 0.493 e. The van der Waals surface area contributed by atoms with Gasteiger partial charge in [0.25, 0.3) is 0 Å². The molecule has 0 aliphatic carbocycles. The van der Waals surface area contributed by atoms with Crippen molar-refractivity contribution in [2.24, 2.45) is 7.05 Å². The molecule has 0 radical (unpaired) electrons. The van der Waals surface area contributed by atoms with Crippen LogP contribution in [0.2, 0.25) is 0 Å². The quantitative estimate of drug-likeness (QED) is 0.908. The highest BCUT2D eigenvalue weighted by Crippen LogP contribution is 2.32. The molecule has 2 aromatic rings. The maximum absolute atomic E-state index is 13.4. The Labute approximate surface area is 140 Å². The van der Waals surface area contributed by atoms with Gasteiger partial charge in [-0.2, -0.15) is 5.10 Å². The van der Waals surface area contributed by atoms with E-state index < -0.39 is 0 Å². The van der Waals surface area contributed by atoms with Crippen LogP contribution in [-0.2, 0) is 7.05 Å². The summed E-state index contributed by atoms with van der Waals surface area (Å²) in [6, 6.07) is 3.79. The summed E-state index contributed by atoms with van der Waals surface area (Å²) in [7, 11) is 1.83. The second kappa shape index (κ2) is 6.90. The molecule has 2 atom stereocenters. The number of carbonyl (C=O) groups is 1. The van der Waals surface area contributed by atoms with Crippen molar-refractivity contribution in [3.05, 3.63) is 47.5 Å². The number of aromatic nitrogens is 2. The summed E-state index contributed by atoms with van der Waals surface area (Å²) >= 11 is 0. The van der Waals surface area contributed by atoms with Crippen LogP contribution in [0.25, 0.3) is 0 Å². The van der Waals surface area contributed by atoms with Crippen molar-refractivity contribution in [1.29, 1.82) is 0 Å². The molecule has 1 aromatic carbocycles. The molecule has 2 N–H and O–H groups in total. The number of aryl methyl sites for hydroxylation is 1. The first-order chi connectivity index (χ1) is 11.5. The summed E-state index contributed by atoms with van der Waals surface area (Å²) in [5, 5.41) is 9.97. The van der Waals surface area contributed by atoms with Gasteiger partial charge >= 0.3 is 6.03 Å². The minimum Gasteiger partial charge on any atom is -0.493 e. The van der Waals surface area contributed by atoms with E-state index in [1.165, 1.54) is 12.1 Å². The fourth-order valence-corrected chi connectivity index (χ4v) is 2.84. The molecule has 0 saturated carbocycles. The van der Waals surface area contributed by atoms with Gasteiger partial charge in [-0.1, -0.05) is 6.07 Å². The Morgan fingerprint density at radius 2 is 2.33 bits per heavy atom. The Bertz CT molecular complexity index is 731. The average Bonchev–Trinajstić information content (AvgIpc) is 2.88. The zero-order valence-electron chi connectivity index (χ0n) is 13.8. The van der Waals surface area contributed by atoms with E-state index in [4.69, 9.17) is 4.74 Å². The molecule has 2 amide bonds. The third-order valence-electron chi connectivity index (χ3n) is 4.12. The molecule has 0 saturated heterocycles. The summed E-state index contributed by atoms with van der Waals surface area (Å²) < 4.78 is 20.7. The standard InChI is InChI=1S/C17H21FN4O2/c1-11(12-9-19-22(2)10-12)20-17(23)21-15-4-3-7-24-16-8-13(18)5-6-14(15)16/h5-6,8-11,15H,3-4,7H2,1-2H3,(H2,20,21,23). The molecule has 2 unspecified atom stereocenters. The van der Waals surface area contributed by atoms with Crippen LogP contribution < -0.4 is 15.4 Å². The third-order valence-corrected chi connectivity index (χ3v) is 4.12. The van der Waals surface area contributed by atoms with Crippen molar-refractivity contribution in [3.8, 4) is 5.75 Å². The van der Waals surface area contributed by atoms with Crippen LogP contribution in [0.15, 0.2) is 30.6 Å². The van der Waals surface area contributed by atoms with Crippen LogP contribution in [-0.4, -0.2) is 22.4 Å². The number of rotatable bonds is 3. The second-order valence-corrected chi connectivity index (χ2v) is 6.01. The van der Waals surface area contributed by atoms with E-state index in [-0.39, 0.29) is 23.9 Å². The molecule has 2 heterocycles. The van der Waals surface area contributed by atoms with Crippen molar-refractivity contribution >= 4 is 6.03 Å². The van der Waals surface area contributed by atoms with Crippen molar-refractivity contribution in [2.75, 3.05) is 6.61 Å². The van der Waals surface area contributed by atoms with Crippen LogP contribution in [0.5, 0.6) is 5.75 Å². The van der Waals surface area contributed by atoms with E-state index >= 15 is 0 Å². The molecule has 0 bridgehead atoms. The summed E-state index contributed by atoms with van der Waals surface area (Å²) in [6.07, 6.45) is 5.12. The van der Waals surface area contributed by atoms with Gasteiger partial charge in [0.15, 0.2) is 0 Å². The number of carbonyl (C=O) groups excluding carboxylic acids is 1. The molecule has 128 valence electrons. The average molecular weight is 332 g/mol. The number of benzene rings is 1. The molecule has 3 rings (SSSR count). The summed E-state index contributed by atoms with van der Waals surface area (Å²) in [4.78, 5) is 12.3. The lowest BCUT2D eigenvalue weighted by molar-refractivity contribution is 0.233. The van der Waals surface area contributed by atoms with Gasteiger partial charge in [-0.15, -0.1) is 0 Å². The highest BCUT2D eigenvalue weighted by molar-refractivity contribution is 5.75. The van der Waals surface area contributed by atoms with Gasteiger partial charge in [-0.05, 0) is 25.8 Å². The first-order valence-electron chi connectivity index (χ1n) is 8.01. The van der Waals surface area contributed by atoms with Gasteiger partial charge in [-0.25, -0.2) is 9.18 Å². The number of nitrogens with zero attached hydrogens (tertiary/aromatic N) is 2. The summed E-state index contributed by atoms with van der Waals surface area (Å²) in [5.41, 5.74) is 1.73. The van der Waals surface area contributed by atoms with E-state index in [0.29, 0.717) is 12.4 Å². The number of urea groups is 1. The Hall–Kier alpha value is -2.57. The topological polar surface area (TPSA) is 68.2 Å². The number of halogens is 1. The van der Waals surface area contributed by atoms with Crippen LogP contribution in [0, 0.1) is 5.82 Å². The first-order valence-corrected chi connectivity index (χ1v) is 8.01. The maximum Gasteiger partial charge on any atom is 0.315 e. The highest BCUT2D eigenvalue weighted by Gasteiger charge is 2.22. The highest BCUT2D eigenvalue weighted by atomic mass is 19.1. The molecule has 1 aliphatic heterocycles. The lowest BCUT2D eigenvalue weighted by Gasteiger charge is -2.20. The zero-order chi connectivity index (χ0) is 17.1. The Morgan fingerprint density at radius 1 is 1.50 bits per heavy atom. The van der Waals surface area contributed by atoms with Gasteiger partial charge in [0.05, 0.1) is 24.9 Å². The Morgan fingerprint density at radius 3 is 3.08 bits per heavy atom. The van der Waals surface area contributed by atoms with Gasteiger partial charge in [0.2, 0.25) is 0 Å². The number of ether oxygens (including phenoxy) is 1. The number of hydrogen-bond acceptors (Lipinski definition) is 3. The molecule has 0 fully saturated rings. The fraction of sp³-hybridized carbons (Fsp3) is 0.412. The molecule has 24 heavy (non-hydrogen) atoms. The van der Waals surface area contributed by atoms with Gasteiger partial charge in [-0.3, -0.25) is 4.68 Å². The van der Waals surface area contributed by atoms with Crippen molar-refractivity contribution in [1.82, 2.24) is 20.4 Å². The molecule has 0 spiro atoms. The van der Waals surface area contributed by atoms with Crippen LogP contribution in [0.1, 0.15) is 43.0 Å². The zero-order valence-corrected chi connectivity index (χ0v) is 13.8. The predicted molar refractivity (Wildman–Crippen MR) is 87.2 cm³/mol. The van der Waals surface area contributed by atoms with Crippen LogP contribution in [0.4, 0.5) is 9.18 Å². The molecular formula is C17H21FN4O2. The van der Waals surface area contributed by atoms with Gasteiger partial charge in [0.1, 0.15) is 11.6 Å². The minimum absolute atomic E-state index is 0.159. The molecule has 1 aliphatic rings. The smallest absolute Gasteiger partial charge is 0.315 e. The molecular weight excluding hydrogens is 311 g/mol. The maximum atomic E-state index is 13.4. The first kappa shape index (κ1) is 16.3. The monoisotopic (exact) mass is 332 g/mol. The van der Waals surface area contributed by atoms with E-state index in [1.807, 2.05) is 20.2 Å². The summed E-state index contributed by atoms with van der Waals surface area (Å²) in [5.74, 6) is 0.155. The fourth-order valence-electron chi connectivity index (χ4n) is 2.84. The van der Waals surface area contributed by atoms with E-state index in [2.05, 4.69) is 15.7 Å².